The average Bonchev–Trinajstić information content (AvgIpc) is 2.73. The highest BCUT2D eigenvalue weighted by Crippen LogP contribution is 2.35. The van der Waals surface area contributed by atoms with Gasteiger partial charge in [-0.25, -0.2) is 0 Å². The lowest BCUT2D eigenvalue weighted by Crippen LogP contribution is -2.49. The van der Waals surface area contributed by atoms with Gasteiger partial charge < -0.3 is 5.32 Å². The first-order chi connectivity index (χ1) is 14.7. The van der Waals surface area contributed by atoms with E-state index in [1.807, 2.05) is 44.4 Å². The first-order valence-electron chi connectivity index (χ1n) is 9.87. The Hall–Kier alpha value is -2.50. The van der Waals surface area contributed by atoms with E-state index in [1.54, 1.807) is 30.0 Å². The fourth-order valence-corrected chi connectivity index (χ4v) is 3.64. The minimum atomic E-state index is -4.61. The molecule has 2 atom stereocenters. The molecule has 0 radical (unpaired) electrons. The topological polar surface area (TPSA) is 64.9 Å². The second-order valence-electron chi connectivity index (χ2n) is 7.55. The van der Waals surface area contributed by atoms with E-state index < -0.39 is 24.2 Å². The number of rotatable bonds is 9. The van der Waals surface area contributed by atoms with Gasteiger partial charge in [-0.1, -0.05) is 44.2 Å². The summed E-state index contributed by atoms with van der Waals surface area (Å²) >= 11 is 1.59. The van der Waals surface area contributed by atoms with Crippen LogP contribution < -0.4 is 10.6 Å². The number of carbonyl (C=O) groups is 1. The van der Waals surface area contributed by atoms with Gasteiger partial charge in [-0.2, -0.15) is 18.4 Å². The summed E-state index contributed by atoms with van der Waals surface area (Å²) in [5.74, 6) is -0.631. The lowest BCUT2D eigenvalue weighted by Gasteiger charge is -2.28. The molecule has 0 bridgehead atoms. The van der Waals surface area contributed by atoms with Crippen molar-refractivity contribution >= 4 is 17.7 Å². The van der Waals surface area contributed by atoms with Crippen LogP contribution in [0.1, 0.15) is 31.9 Å². The van der Waals surface area contributed by atoms with E-state index in [9.17, 15) is 18.0 Å². The molecule has 31 heavy (non-hydrogen) atoms. The van der Waals surface area contributed by atoms with Gasteiger partial charge in [0.2, 0.25) is 5.91 Å². The van der Waals surface area contributed by atoms with Crippen LogP contribution in [-0.2, 0) is 4.79 Å². The number of amides is 1. The molecular formula is C23H26F3N3OS. The fourth-order valence-electron chi connectivity index (χ4n) is 3.23. The summed E-state index contributed by atoms with van der Waals surface area (Å²) in [6.07, 6.45) is -2.44. The van der Waals surface area contributed by atoms with Crippen molar-refractivity contribution in [2.75, 3.05) is 12.8 Å². The quantitative estimate of drug-likeness (QED) is 0.402. The zero-order valence-electron chi connectivity index (χ0n) is 17.7. The lowest BCUT2D eigenvalue weighted by atomic mass is 9.97. The van der Waals surface area contributed by atoms with Crippen LogP contribution in [0.15, 0.2) is 53.4 Å². The first kappa shape index (κ1) is 24.8. The highest BCUT2D eigenvalue weighted by atomic mass is 32.2. The summed E-state index contributed by atoms with van der Waals surface area (Å²) in [4.78, 5) is 13.5. The van der Waals surface area contributed by atoms with Crippen LogP contribution in [0.4, 0.5) is 13.2 Å². The molecule has 0 spiro atoms. The molecule has 0 fully saturated rings. The number of hydrogen-bond donors (Lipinski definition) is 2. The van der Waals surface area contributed by atoms with Gasteiger partial charge >= 0.3 is 6.18 Å². The molecular weight excluding hydrogens is 423 g/mol. The van der Waals surface area contributed by atoms with Gasteiger partial charge in [0.15, 0.2) is 0 Å². The third kappa shape index (κ3) is 7.30. The molecule has 0 saturated carbocycles. The van der Waals surface area contributed by atoms with Crippen molar-refractivity contribution in [3.05, 3.63) is 54.1 Å². The molecule has 2 aromatic rings. The third-order valence-electron chi connectivity index (χ3n) is 4.70. The number of halogens is 3. The van der Waals surface area contributed by atoms with E-state index in [1.165, 1.54) is 12.1 Å². The molecule has 0 heterocycles. The van der Waals surface area contributed by atoms with E-state index in [2.05, 4.69) is 10.6 Å². The van der Waals surface area contributed by atoms with Crippen molar-refractivity contribution in [2.24, 2.45) is 5.92 Å². The largest absolute Gasteiger partial charge is 0.407 e. The van der Waals surface area contributed by atoms with Crippen molar-refractivity contribution in [1.29, 1.82) is 5.26 Å². The summed E-state index contributed by atoms with van der Waals surface area (Å²) in [7, 11) is 0. The molecule has 8 heteroatoms. The molecule has 0 aliphatic heterocycles. The van der Waals surface area contributed by atoms with Crippen LogP contribution >= 0.6 is 11.8 Å². The van der Waals surface area contributed by atoms with Gasteiger partial charge in [-0.3, -0.25) is 10.1 Å². The van der Waals surface area contributed by atoms with Crippen molar-refractivity contribution in [3.63, 3.8) is 0 Å². The number of nitrogens with zero attached hydrogens (tertiary/aromatic N) is 1. The molecule has 4 nitrogen and oxygen atoms in total. The average molecular weight is 450 g/mol. The van der Waals surface area contributed by atoms with Gasteiger partial charge in [0, 0.05) is 4.90 Å². The second kappa shape index (κ2) is 11.2. The molecule has 1 amide bonds. The Morgan fingerprint density at radius 3 is 2.35 bits per heavy atom. The number of benzene rings is 2. The normalized spacial score (nSPS) is 13.5. The Balaban J connectivity index is 2.36. The summed E-state index contributed by atoms with van der Waals surface area (Å²) in [5.41, 5.74) is 1.50. The van der Waals surface area contributed by atoms with Gasteiger partial charge in [0.1, 0.15) is 12.6 Å². The molecule has 0 aliphatic carbocycles. The van der Waals surface area contributed by atoms with E-state index in [0.29, 0.717) is 5.56 Å². The Labute approximate surface area is 185 Å². The van der Waals surface area contributed by atoms with Crippen molar-refractivity contribution in [1.82, 2.24) is 10.6 Å². The van der Waals surface area contributed by atoms with Gasteiger partial charge in [-0.15, -0.1) is 11.8 Å². The number of thioether (sulfide) groups is 1. The van der Waals surface area contributed by atoms with Crippen LogP contribution in [0.3, 0.4) is 0 Å². The lowest BCUT2D eigenvalue weighted by molar-refractivity contribution is -0.161. The maximum atomic E-state index is 14.0. The predicted octanol–water partition coefficient (Wildman–Crippen LogP) is 5.32. The summed E-state index contributed by atoms with van der Waals surface area (Å²) < 4.78 is 42.0. The van der Waals surface area contributed by atoms with Crippen LogP contribution in [-0.4, -0.2) is 30.9 Å². The molecule has 0 aromatic heterocycles. The van der Waals surface area contributed by atoms with Crippen LogP contribution in [0.5, 0.6) is 0 Å². The third-order valence-corrected chi connectivity index (χ3v) is 5.45. The molecule has 2 aromatic carbocycles. The minimum Gasteiger partial charge on any atom is -0.342 e. The molecule has 2 rings (SSSR count). The molecule has 166 valence electrons. The Kier molecular flexibility index (Phi) is 8.96. The Morgan fingerprint density at radius 2 is 1.81 bits per heavy atom. The number of hydrogen-bond acceptors (Lipinski definition) is 4. The van der Waals surface area contributed by atoms with E-state index in [4.69, 9.17) is 5.26 Å². The number of alkyl halides is 3. The monoisotopic (exact) mass is 449 g/mol. The van der Waals surface area contributed by atoms with E-state index in [-0.39, 0.29) is 24.4 Å². The zero-order valence-corrected chi connectivity index (χ0v) is 18.5. The Morgan fingerprint density at radius 1 is 1.13 bits per heavy atom. The molecule has 2 N–H and O–H groups in total. The fraction of sp³-hybridized carbons (Fsp3) is 0.391. The summed E-state index contributed by atoms with van der Waals surface area (Å²) in [5, 5.41) is 13.5. The van der Waals surface area contributed by atoms with Gasteiger partial charge in [0.25, 0.3) is 0 Å². The zero-order chi connectivity index (χ0) is 23.0. The van der Waals surface area contributed by atoms with Crippen LogP contribution in [0.2, 0.25) is 0 Å². The van der Waals surface area contributed by atoms with Crippen molar-refractivity contribution < 1.29 is 18.0 Å². The van der Waals surface area contributed by atoms with E-state index >= 15 is 0 Å². The van der Waals surface area contributed by atoms with E-state index in [0.717, 1.165) is 10.5 Å². The number of carbonyl (C=O) groups excluding carboxylic acids is 1. The second-order valence-corrected chi connectivity index (χ2v) is 8.43. The predicted molar refractivity (Wildman–Crippen MR) is 117 cm³/mol. The molecule has 0 saturated heterocycles. The van der Waals surface area contributed by atoms with Crippen LogP contribution in [0.25, 0.3) is 11.1 Å². The highest BCUT2D eigenvalue weighted by Gasteiger charge is 2.43. The SMILES string of the molecule is CSc1ccc(-c2cccc(C(N[C@@H](CC(C)C)C(=O)NCC#N)C(F)(F)F)c2)cc1. The number of nitrogens with one attached hydrogen (secondary N) is 2. The van der Waals surface area contributed by atoms with Crippen molar-refractivity contribution in [2.45, 2.75) is 43.4 Å². The van der Waals surface area contributed by atoms with Crippen molar-refractivity contribution in [3.8, 4) is 17.2 Å². The van der Waals surface area contributed by atoms with Crippen LogP contribution in [0, 0.1) is 17.2 Å². The Bertz CT molecular complexity index is 908. The summed E-state index contributed by atoms with van der Waals surface area (Å²) in [6.45, 7) is 3.40. The minimum absolute atomic E-state index is 0.0134. The maximum Gasteiger partial charge on any atom is 0.407 e. The first-order valence-corrected chi connectivity index (χ1v) is 11.1. The van der Waals surface area contributed by atoms with Gasteiger partial charge in [-0.05, 0) is 53.5 Å². The standard InChI is InChI=1S/C23H26F3N3OS/c1-15(2)13-20(22(30)28-12-11-27)29-21(23(24,25)26)18-6-4-5-17(14-18)16-7-9-19(31-3)10-8-16/h4-10,14-15,20-21,29H,12-13H2,1-3H3,(H,28,30)/t20-,21?/m0/s1. The smallest absolute Gasteiger partial charge is 0.342 e. The highest BCUT2D eigenvalue weighted by molar-refractivity contribution is 7.98. The molecule has 1 unspecified atom stereocenters. The summed E-state index contributed by atoms with van der Waals surface area (Å²) in [6, 6.07) is 12.5. The number of nitriles is 1. The van der Waals surface area contributed by atoms with Gasteiger partial charge in [0.05, 0.1) is 12.1 Å². The maximum absolute atomic E-state index is 14.0. The molecule has 0 aliphatic rings.